The molecule has 1 unspecified atom stereocenters. The molecule has 0 radical (unpaired) electrons. The van der Waals surface area contributed by atoms with Crippen LogP contribution in [0.3, 0.4) is 0 Å². The Bertz CT molecular complexity index is 313. The quantitative estimate of drug-likeness (QED) is 0.832. The Morgan fingerprint density at radius 3 is 2.38 bits per heavy atom. The molecule has 1 N–H and O–H groups in total. The molecule has 0 aromatic carbocycles. The normalized spacial score (nSPS) is 19.2. The smallest absolute Gasteiger partial charge is 0.0931 e. The Hall–Kier alpha value is -1.09. The van der Waals surface area contributed by atoms with Crippen molar-refractivity contribution in [1.29, 1.82) is 0 Å². The third-order valence-corrected chi connectivity index (χ3v) is 3.17. The maximum Gasteiger partial charge on any atom is 0.0931 e. The van der Waals surface area contributed by atoms with Gasteiger partial charge in [0.05, 0.1) is 23.7 Å². The van der Waals surface area contributed by atoms with Gasteiger partial charge in [0.1, 0.15) is 0 Å². The number of aromatic nitrogens is 1. The second-order valence-corrected chi connectivity index (χ2v) is 4.52. The van der Waals surface area contributed by atoms with Gasteiger partial charge >= 0.3 is 0 Å². The van der Waals surface area contributed by atoms with Gasteiger partial charge in [0.25, 0.3) is 0 Å². The number of aliphatic hydroxyl groups is 1. The van der Waals surface area contributed by atoms with Crippen LogP contribution in [0.25, 0.3) is 0 Å². The number of aliphatic hydroxyl groups excluding tert-OH is 1. The molecular formula is C13H20N2O. The molecule has 1 aromatic rings. The van der Waals surface area contributed by atoms with Crippen molar-refractivity contribution in [2.75, 3.05) is 18.0 Å². The minimum Gasteiger partial charge on any atom is -0.387 e. The van der Waals surface area contributed by atoms with E-state index in [1.165, 1.54) is 31.4 Å². The summed E-state index contributed by atoms with van der Waals surface area (Å²) in [4.78, 5) is 6.69. The Morgan fingerprint density at radius 2 is 1.88 bits per heavy atom. The highest BCUT2D eigenvalue weighted by molar-refractivity contribution is 5.44. The van der Waals surface area contributed by atoms with Gasteiger partial charge in [-0.05, 0) is 31.9 Å². The van der Waals surface area contributed by atoms with E-state index in [1.54, 1.807) is 6.92 Å². The Labute approximate surface area is 97.1 Å². The molecule has 0 aliphatic carbocycles. The SMILES string of the molecule is CC(O)c1ccc(N2CCCCCC2)cn1. The van der Waals surface area contributed by atoms with E-state index < -0.39 is 6.10 Å². The van der Waals surface area contributed by atoms with Crippen molar-refractivity contribution in [2.45, 2.75) is 38.7 Å². The van der Waals surface area contributed by atoms with Crippen LogP contribution in [0.2, 0.25) is 0 Å². The van der Waals surface area contributed by atoms with E-state index >= 15 is 0 Å². The zero-order valence-electron chi connectivity index (χ0n) is 9.89. The highest BCUT2D eigenvalue weighted by Gasteiger charge is 2.10. The molecule has 0 amide bonds. The molecule has 3 heteroatoms. The minimum absolute atomic E-state index is 0.474. The van der Waals surface area contributed by atoms with Gasteiger partial charge in [0.2, 0.25) is 0 Å². The van der Waals surface area contributed by atoms with Crippen molar-refractivity contribution in [2.24, 2.45) is 0 Å². The van der Waals surface area contributed by atoms with Gasteiger partial charge in [0, 0.05) is 13.1 Å². The van der Waals surface area contributed by atoms with Gasteiger partial charge in [-0.1, -0.05) is 12.8 Å². The van der Waals surface area contributed by atoms with E-state index in [1.807, 2.05) is 12.3 Å². The molecule has 2 rings (SSSR count). The van der Waals surface area contributed by atoms with Gasteiger partial charge in [-0.25, -0.2) is 0 Å². The van der Waals surface area contributed by atoms with E-state index in [4.69, 9.17) is 0 Å². The maximum absolute atomic E-state index is 9.39. The monoisotopic (exact) mass is 220 g/mol. The second kappa shape index (κ2) is 5.30. The van der Waals surface area contributed by atoms with Crippen molar-refractivity contribution in [3.63, 3.8) is 0 Å². The van der Waals surface area contributed by atoms with Crippen molar-refractivity contribution in [3.8, 4) is 0 Å². The number of hydrogen-bond donors (Lipinski definition) is 1. The van der Waals surface area contributed by atoms with Crippen molar-refractivity contribution in [3.05, 3.63) is 24.0 Å². The molecule has 16 heavy (non-hydrogen) atoms. The van der Waals surface area contributed by atoms with Crippen LogP contribution < -0.4 is 4.90 Å². The number of nitrogens with zero attached hydrogens (tertiary/aromatic N) is 2. The first-order valence-electron chi connectivity index (χ1n) is 6.16. The number of rotatable bonds is 2. The number of anilines is 1. The van der Waals surface area contributed by atoms with Crippen molar-refractivity contribution in [1.82, 2.24) is 4.98 Å². The first-order valence-corrected chi connectivity index (χ1v) is 6.16. The summed E-state index contributed by atoms with van der Waals surface area (Å²) in [6.07, 6.45) is 6.65. The standard InChI is InChI=1S/C13H20N2O/c1-11(16)13-7-6-12(10-14-13)15-8-4-2-3-5-9-15/h6-7,10-11,16H,2-5,8-9H2,1H3. The van der Waals surface area contributed by atoms with Crippen LogP contribution in [0.15, 0.2) is 18.3 Å². The molecule has 2 heterocycles. The molecule has 0 saturated carbocycles. The van der Waals surface area contributed by atoms with Crippen LogP contribution in [0.4, 0.5) is 5.69 Å². The van der Waals surface area contributed by atoms with E-state index in [2.05, 4.69) is 16.0 Å². The molecule has 88 valence electrons. The fourth-order valence-electron chi connectivity index (χ4n) is 2.16. The first kappa shape index (κ1) is 11.4. The lowest BCUT2D eigenvalue weighted by molar-refractivity contribution is 0.194. The molecule has 1 fully saturated rings. The van der Waals surface area contributed by atoms with E-state index in [-0.39, 0.29) is 0 Å². The van der Waals surface area contributed by atoms with Gasteiger partial charge in [0.15, 0.2) is 0 Å². The van der Waals surface area contributed by atoms with E-state index in [9.17, 15) is 5.11 Å². The van der Waals surface area contributed by atoms with Gasteiger partial charge in [-0.3, -0.25) is 4.98 Å². The van der Waals surface area contributed by atoms with Crippen LogP contribution in [-0.4, -0.2) is 23.2 Å². The summed E-state index contributed by atoms with van der Waals surface area (Å²) in [5.74, 6) is 0. The van der Waals surface area contributed by atoms with Gasteiger partial charge in [-0.2, -0.15) is 0 Å². The van der Waals surface area contributed by atoms with Crippen molar-refractivity contribution >= 4 is 5.69 Å². The molecule has 3 nitrogen and oxygen atoms in total. The molecule has 1 atom stereocenters. The lowest BCUT2D eigenvalue weighted by atomic mass is 10.2. The van der Waals surface area contributed by atoms with Crippen LogP contribution in [0.1, 0.15) is 44.4 Å². The zero-order chi connectivity index (χ0) is 11.4. The molecule has 1 saturated heterocycles. The van der Waals surface area contributed by atoms with Crippen molar-refractivity contribution < 1.29 is 5.11 Å². The Kier molecular flexibility index (Phi) is 3.78. The minimum atomic E-state index is -0.474. The average molecular weight is 220 g/mol. The third-order valence-electron chi connectivity index (χ3n) is 3.17. The summed E-state index contributed by atoms with van der Waals surface area (Å²) < 4.78 is 0. The fourth-order valence-corrected chi connectivity index (χ4v) is 2.16. The highest BCUT2D eigenvalue weighted by Crippen LogP contribution is 2.20. The summed E-state index contributed by atoms with van der Waals surface area (Å²) in [5, 5.41) is 9.39. The molecule has 1 aliphatic rings. The molecule has 1 aliphatic heterocycles. The third kappa shape index (κ3) is 2.73. The molecular weight excluding hydrogens is 200 g/mol. The highest BCUT2D eigenvalue weighted by atomic mass is 16.3. The Morgan fingerprint density at radius 1 is 1.19 bits per heavy atom. The summed E-state index contributed by atoms with van der Waals surface area (Å²) in [7, 11) is 0. The fraction of sp³-hybridized carbons (Fsp3) is 0.615. The summed E-state index contributed by atoms with van der Waals surface area (Å²) in [6.45, 7) is 4.01. The topological polar surface area (TPSA) is 36.4 Å². The summed E-state index contributed by atoms with van der Waals surface area (Å²) in [5.41, 5.74) is 1.94. The number of hydrogen-bond acceptors (Lipinski definition) is 3. The average Bonchev–Trinajstić information content (AvgIpc) is 2.57. The molecule has 1 aromatic heterocycles. The predicted octanol–water partition coefficient (Wildman–Crippen LogP) is 2.52. The van der Waals surface area contributed by atoms with Crippen LogP contribution in [-0.2, 0) is 0 Å². The van der Waals surface area contributed by atoms with E-state index in [0.717, 1.165) is 18.8 Å². The molecule has 0 bridgehead atoms. The number of pyridine rings is 1. The van der Waals surface area contributed by atoms with Crippen LogP contribution in [0, 0.1) is 0 Å². The van der Waals surface area contributed by atoms with Crippen LogP contribution in [0.5, 0.6) is 0 Å². The van der Waals surface area contributed by atoms with Gasteiger partial charge < -0.3 is 10.0 Å². The first-order chi connectivity index (χ1) is 7.77. The lowest BCUT2D eigenvalue weighted by Crippen LogP contribution is -2.23. The lowest BCUT2D eigenvalue weighted by Gasteiger charge is -2.22. The Balaban J connectivity index is 2.07. The largest absolute Gasteiger partial charge is 0.387 e. The second-order valence-electron chi connectivity index (χ2n) is 4.52. The maximum atomic E-state index is 9.39. The molecule has 0 spiro atoms. The van der Waals surface area contributed by atoms with Gasteiger partial charge in [-0.15, -0.1) is 0 Å². The predicted molar refractivity (Wildman–Crippen MR) is 65.6 cm³/mol. The van der Waals surface area contributed by atoms with Crippen LogP contribution >= 0.6 is 0 Å². The van der Waals surface area contributed by atoms with E-state index in [0.29, 0.717) is 0 Å². The summed E-state index contributed by atoms with van der Waals surface area (Å²) >= 11 is 0. The zero-order valence-corrected chi connectivity index (χ0v) is 9.89. The summed E-state index contributed by atoms with van der Waals surface area (Å²) in [6, 6.07) is 3.99.